The van der Waals surface area contributed by atoms with Crippen molar-refractivity contribution in [3.05, 3.63) is 47.0 Å². The van der Waals surface area contributed by atoms with Gasteiger partial charge in [-0.25, -0.2) is 4.98 Å². The van der Waals surface area contributed by atoms with Gasteiger partial charge in [-0.2, -0.15) is 0 Å². The number of carbonyl (C=O) groups is 1. The molecular weight excluding hydrogens is 410 g/mol. The highest BCUT2D eigenvalue weighted by Gasteiger charge is 2.24. The predicted molar refractivity (Wildman–Crippen MR) is 119 cm³/mol. The van der Waals surface area contributed by atoms with Crippen LogP contribution in [0.5, 0.6) is 11.5 Å². The number of amides is 1. The SMILES string of the molecule is Cc1ccc(C)c(C(=O)N(CCN(C)C)c2nc3cc4c(cc3s2)OCO4)c1.Cl. The molecule has 0 unspecified atom stereocenters. The van der Waals surface area contributed by atoms with E-state index in [9.17, 15) is 4.79 Å². The van der Waals surface area contributed by atoms with Crippen LogP contribution in [0, 0.1) is 13.8 Å². The zero-order valence-corrected chi connectivity index (χ0v) is 18.5. The standard InChI is InChI=1S/C21H23N3O3S.ClH/c1-13-5-6-14(2)15(9-13)20(25)24(8-7-23(3)4)21-22-16-10-17-18(27-12-26-17)11-19(16)28-21;/h5-6,9-11H,7-8,12H2,1-4H3;1H. The number of likely N-dealkylation sites (N-methyl/N-ethyl adjacent to an activating group) is 1. The van der Waals surface area contributed by atoms with E-state index < -0.39 is 0 Å². The van der Waals surface area contributed by atoms with Crippen LogP contribution < -0.4 is 14.4 Å². The van der Waals surface area contributed by atoms with Crippen LogP contribution >= 0.6 is 23.7 Å². The van der Waals surface area contributed by atoms with E-state index in [0.717, 1.165) is 33.6 Å². The topological polar surface area (TPSA) is 54.9 Å². The number of nitrogens with zero attached hydrogens (tertiary/aromatic N) is 3. The van der Waals surface area contributed by atoms with E-state index >= 15 is 0 Å². The fourth-order valence-corrected chi connectivity index (χ4v) is 4.12. The highest BCUT2D eigenvalue weighted by atomic mass is 35.5. The Balaban J connectivity index is 0.00000240. The number of hydrogen-bond acceptors (Lipinski definition) is 6. The van der Waals surface area contributed by atoms with Crippen LogP contribution in [0.4, 0.5) is 5.13 Å². The molecule has 0 saturated carbocycles. The number of halogens is 1. The summed E-state index contributed by atoms with van der Waals surface area (Å²) in [4.78, 5) is 22.0. The van der Waals surface area contributed by atoms with Crippen molar-refractivity contribution in [2.75, 3.05) is 38.9 Å². The van der Waals surface area contributed by atoms with Gasteiger partial charge in [-0.05, 0) is 39.6 Å². The molecular formula is C21H24ClN3O3S. The van der Waals surface area contributed by atoms with Crippen LogP contribution in [0.1, 0.15) is 21.5 Å². The highest BCUT2D eigenvalue weighted by molar-refractivity contribution is 7.22. The summed E-state index contributed by atoms with van der Waals surface area (Å²) in [6, 6.07) is 9.78. The number of hydrogen-bond donors (Lipinski definition) is 0. The number of rotatable bonds is 5. The molecule has 29 heavy (non-hydrogen) atoms. The molecule has 1 amide bonds. The van der Waals surface area contributed by atoms with Crippen molar-refractivity contribution < 1.29 is 14.3 Å². The zero-order chi connectivity index (χ0) is 19.8. The maximum atomic E-state index is 13.4. The summed E-state index contributed by atoms with van der Waals surface area (Å²) in [5, 5.41) is 0.687. The second-order valence-electron chi connectivity index (χ2n) is 7.25. The molecule has 3 aromatic rings. The van der Waals surface area contributed by atoms with E-state index in [-0.39, 0.29) is 25.1 Å². The number of aromatic nitrogens is 1. The molecule has 0 aliphatic carbocycles. The maximum Gasteiger partial charge on any atom is 0.260 e. The van der Waals surface area contributed by atoms with Gasteiger partial charge in [0.05, 0.1) is 10.2 Å². The minimum Gasteiger partial charge on any atom is -0.454 e. The lowest BCUT2D eigenvalue weighted by molar-refractivity contribution is 0.0984. The molecule has 154 valence electrons. The van der Waals surface area contributed by atoms with Gasteiger partial charge in [-0.1, -0.05) is 29.0 Å². The number of thiazole rings is 1. The Kier molecular flexibility index (Phi) is 6.31. The van der Waals surface area contributed by atoms with E-state index in [2.05, 4.69) is 4.90 Å². The molecule has 0 fully saturated rings. The second kappa shape index (κ2) is 8.57. The first-order valence-electron chi connectivity index (χ1n) is 9.16. The fourth-order valence-electron chi connectivity index (χ4n) is 3.12. The number of fused-ring (bicyclic) bond motifs is 2. The van der Waals surface area contributed by atoms with Gasteiger partial charge in [0.2, 0.25) is 6.79 Å². The van der Waals surface area contributed by atoms with Gasteiger partial charge in [0.1, 0.15) is 0 Å². The Labute approximate surface area is 180 Å². The molecule has 0 atom stereocenters. The molecule has 4 rings (SSSR count). The first-order valence-corrected chi connectivity index (χ1v) is 9.98. The Bertz CT molecular complexity index is 1010. The number of ether oxygens (including phenoxy) is 2. The van der Waals surface area contributed by atoms with Gasteiger partial charge < -0.3 is 14.4 Å². The smallest absolute Gasteiger partial charge is 0.260 e. The quantitative estimate of drug-likeness (QED) is 0.601. The first-order chi connectivity index (χ1) is 13.4. The summed E-state index contributed by atoms with van der Waals surface area (Å²) in [7, 11) is 4.00. The fraction of sp³-hybridized carbons (Fsp3) is 0.333. The van der Waals surface area contributed by atoms with Gasteiger partial charge >= 0.3 is 0 Å². The lowest BCUT2D eigenvalue weighted by Crippen LogP contribution is -2.37. The molecule has 0 radical (unpaired) electrons. The van der Waals surface area contributed by atoms with Crippen LogP contribution in [0.25, 0.3) is 10.2 Å². The molecule has 8 heteroatoms. The van der Waals surface area contributed by atoms with Crippen LogP contribution in [0.2, 0.25) is 0 Å². The molecule has 0 spiro atoms. The summed E-state index contributed by atoms with van der Waals surface area (Å²) < 4.78 is 11.9. The van der Waals surface area contributed by atoms with E-state index in [1.54, 1.807) is 4.90 Å². The van der Waals surface area contributed by atoms with E-state index in [4.69, 9.17) is 14.5 Å². The van der Waals surface area contributed by atoms with Crippen LogP contribution in [-0.4, -0.2) is 49.8 Å². The summed E-state index contributed by atoms with van der Waals surface area (Å²) in [6.07, 6.45) is 0. The third-order valence-corrected chi connectivity index (χ3v) is 5.78. The summed E-state index contributed by atoms with van der Waals surface area (Å²) in [6.45, 7) is 5.51. The minimum absolute atomic E-state index is 0. The highest BCUT2D eigenvalue weighted by Crippen LogP contribution is 2.40. The van der Waals surface area contributed by atoms with Crippen molar-refractivity contribution in [2.45, 2.75) is 13.8 Å². The normalized spacial score (nSPS) is 12.3. The summed E-state index contributed by atoms with van der Waals surface area (Å²) >= 11 is 1.50. The Hall–Kier alpha value is -2.35. The van der Waals surface area contributed by atoms with Gasteiger partial charge in [0, 0.05) is 30.8 Å². The average Bonchev–Trinajstić information content (AvgIpc) is 3.27. The van der Waals surface area contributed by atoms with Crippen molar-refractivity contribution in [3.63, 3.8) is 0 Å². The minimum atomic E-state index is -0.0258. The molecule has 1 aliphatic heterocycles. The molecule has 2 aromatic carbocycles. The predicted octanol–water partition coefficient (Wildman–Crippen LogP) is 4.27. The Morgan fingerprint density at radius 1 is 1.10 bits per heavy atom. The van der Waals surface area contributed by atoms with Crippen molar-refractivity contribution >= 4 is 45.0 Å². The van der Waals surface area contributed by atoms with Crippen LogP contribution in [0.3, 0.4) is 0 Å². The van der Waals surface area contributed by atoms with Gasteiger partial charge in [0.15, 0.2) is 16.6 Å². The van der Waals surface area contributed by atoms with E-state index in [0.29, 0.717) is 23.0 Å². The largest absolute Gasteiger partial charge is 0.454 e. The van der Waals surface area contributed by atoms with Gasteiger partial charge in [-0.3, -0.25) is 9.69 Å². The second-order valence-corrected chi connectivity index (χ2v) is 8.26. The molecule has 0 N–H and O–H groups in total. The first kappa shape index (κ1) is 21.4. The lowest BCUT2D eigenvalue weighted by atomic mass is 10.0. The zero-order valence-electron chi connectivity index (χ0n) is 16.9. The van der Waals surface area contributed by atoms with Crippen LogP contribution in [0.15, 0.2) is 30.3 Å². The molecule has 1 aromatic heterocycles. The molecule has 6 nitrogen and oxygen atoms in total. The van der Waals surface area contributed by atoms with Gasteiger partial charge in [0.25, 0.3) is 5.91 Å². The Morgan fingerprint density at radius 3 is 2.55 bits per heavy atom. The van der Waals surface area contributed by atoms with Crippen molar-refractivity contribution in [3.8, 4) is 11.5 Å². The maximum absolute atomic E-state index is 13.4. The molecule has 1 aliphatic rings. The number of aryl methyl sites for hydroxylation is 2. The molecule has 2 heterocycles. The Morgan fingerprint density at radius 2 is 1.83 bits per heavy atom. The summed E-state index contributed by atoms with van der Waals surface area (Å²) in [5.41, 5.74) is 3.56. The number of anilines is 1. The van der Waals surface area contributed by atoms with Crippen molar-refractivity contribution in [1.29, 1.82) is 0 Å². The van der Waals surface area contributed by atoms with E-state index in [1.807, 2.05) is 58.3 Å². The monoisotopic (exact) mass is 433 g/mol. The lowest BCUT2D eigenvalue weighted by Gasteiger charge is -2.23. The molecule has 0 saturated heterocycles. The number of carbonyl (C=O) groups excluding carboxylic acids is 1. The van der Waals surface area contributed by atoms with E-state index in [1.165, 1.54) is 11.3 Å². The summed E-state index contributed by atoms with van der Waals surface area (Å²) in [5.74, 6) is 1.40. The van der Waals surface area contributed by atoms with Gasteiger partial charge in [-0.15, -0.1) is 12.4 Å². The average molecular weight is 434 g/mol. The van der Waals surface area contributed by atoms with Crippen LogP contribution in [-0.2, 0) is 0 Å². The third-order valence-electron chi connectivity index (χ3n) is 4.74. The number of benzene rings is 2. The third kappa shape index (κ3) is 4.32. The van der Waals surface area contributed by atoms with Crippen molar-refractivity contribution in [2.24, 2.45) is 0 Å². The van der Waals surface area contributed by atoms with Crippen molar-refractivity contribution in [1.82, 2.24) is 9.88 Å². The molecule has 0 bridgehead atoms.